The van der Waals surface area contributed by atoms with Crippen LogP contribution >= 0.6 is 0 Å². The van der Waals surface area contributed by atoms with E-state index in [0.29, 0.717) is 21.5 Å². The fraction of sp³-hybridized carbons (Fsp3) is 0.294. The van der Waals surface area contributed by atoms with Crippen LogP contribution in [0.2, 0.25) is 0 Å². The maximum atomic E-state index is 9.91. The number of ether oxygens (including phenoxy) is 1. The van der Waals surface area contributed by atoms with E-state index in [4.69, 9.17) is 4.74 Å². The molecule has 0 amide bonds. The third-order valence-corrected chi connectivity index (χ3v) is 4.89. The Morgan fingerprint density at radius 2 is 1.70 bits per heavy atom. The Balaban J connectivity index is 2.03. The van der Waals surface area contributed by atoms with Crippen molar-refractivity contribution >= 4 is 14.7 Å². The smallest absolute Gasteiger partial charge is 0.131 e. The average Bonchev–Trinajstić information content (AvgIpc) is 2.43. The third-order valence-electron chi connectivity index (χ3n) is 3.68. The van der Waals surface area contributed by atoms with Gasteiger partial charge in [-0.3, -0.25) is 0 Å². The molecule has 20 heavy (non-hydrogen) atoms. The molecule has 0 spiro atoms. The summed E-state index contributed by atoms with van der Waals surface area (Å²) in [5, 5.41) is 11.3. The Hall–Kier alpha value is -1.74. The van der Waals surface area contributed by atoms with Gasteiger partial charge in [0.15, 0.2) is 0 Å². The molecule has 0 aliphatic carbocycles. The summed E-state index contributed by atoms with van der Waals surface area (Å²) in [4.78, 5) is 0. The summed E-state index contributed by atoms with van der Waals surface area (Å²) in [5.41, 5.74) is 4.36. The highest BCUT2D eigenvalue weighted by atomic mass is 28.2. The maximum absolute atomic E-state index is 9.91. The van der Waals surface area contributed by atoms with E-state index < -0.39 is 0 Å². The molecule has 0 saturated heterocycles. The predicted molar refractivity (Wildman–Crippen MR) is 84.4 cm³/mol. The number of phenols is 1. The van der Waals surface area contributed by atoms with Crippen LogP contribution in [-0.2, 0) is 0 Å². The summed E-state index contributed by atoms with van der Waals surface area (Å²) in [6, 6.07) is 10.2. The van der Waals surface area contributed by atoms with Gasteiger partial charge in [0.1, 0.15) is 21.0 Å². The van der Waals surface area contributed by atoms with E-state index in [0.717, 1.165) is 16.9 Å². The van der Waals surface area contributed by atoms with Crippen LogP contribution in [0.25, 0.3) is 0 Å². The number of rotatable bonds is 4. The molecule has 2 radical (unpaired) electrons. The molecule has 0 atom stereocenters. The van der Waals surface area contributed by atoms with E-state index in [1.807, 2.05) is 26.0 Å². The number of hydrogen-bond acceptors (Lipinski definition) is 2. The molecular weight excluding hydrogens is 264 g/mol. The minimum atomic E-state index is 0.331. The van der Waals surface area contributed by atoms with Crippen molar-refractivity contribution in [3.63, 3.8) is 0 Å². The third kappa shape index (κ3) is 3.04. The topological polar surface area (TPSA) is 29.5 Å². The Morgan fingerprint density at radius 1 is 0.950 bits per heavy atom. The van der Waals surface area contributed by atoms with E-state index in [2.05, 4.69) is 32.0 Å². The van der Waals surface area contributed by atoms with Gasteiger partial charge in [0, 0.05) is 5.56 Å². The molecule has 2 rings (SSSR count). The molecule has 0 aromatic heterocycles. The van der Waals surface area contributed by atoms with Crippen molar-refractivity contribution in [2.45, 2.75) is 27.7 Å². The highest BCUT2D eigenvalue weighted by molar-refractivity contribution is 6.54. The minimum Gasteiger partial charge on any atom is -0.507 e. The van der Waals surface area contributed by atoms with E-state index in [1.54, 1.807) is 0 Å². The van der Waals surface area contributed by atoms with Crippen molar-refractivity contribution in [3.05, 3.63) is 52.6 Å². The van der Waals surface area contributed by atoms with Gasteiger partial charge in [0.2, 0.25) is 0 Å². The standard InChI is InChI=1S/C17H20O2Si/c1-11-6-5-7-16(13(11)3)20-10-19-15-9-8-12(2)17(18)14(15)4/h5-9,18H,10H2,1-4H3. The summed E-state index contributed by atoms with van der Waals surface area (Å²) in [5.74, 6) is 1.10. The summed E-state index contributed by atoms with van der Waals surface area (Å²) in [7, 11) is 0.612. The largest absolute Gasteiger partial charge is 0.507 e. The molecule has 0 unspecified atom stereocenters. The van der Waals surface area contributed by atoms with Crippen LogP contribution in [0.4, 0.5) is 0 Å². The van der Waals surface area contributed by atoms with Gasteiger partial charge in [-0.15, -0.1) is 0 Å². The Labute approximate surface area is 123 Å². The number of aryl methyl sites for hydroxylation is 2. The lowest BCUT2D eigenvalue weighted by Crippen LogP contribution is -2.24. The highest BCUT2D eigenvalue weighted by Crippen LogP contribution is 2.29. The van der Waals surface area contributed by atoms with Crippen LogP contribution in [-0.4, -0.2) is 20.9 Å². The first-order chi connectivity index (χ1) is 9.50. The van der Waals surface area contributed by atoms with Crippen molar-refractivity contribution in [1.29, 1.82) is 0 Å². The van der Waals surface area contributed by atoms with Crippen molar-refractivity contribution < 1.29 is 9.84 Å². The molecule has 0 aliphatic heterocycles. The lowest BCUT2D eigenvalue weighted by molar-refractivity contribution is 0.376. The second kappa shape index (κ2) is 6.14. The quantitative estimate of drug-likeness (QED) is 0.875. The first-order valence-electron chi connectivity index (χ1n) is 6.72. The van der Waals surface area contributed by atoms with Gasteiger partial charge in [-0.05, 0) is 50.5 Å². The molecule has 0 heterocycles. The first kappa shape index (κ1) is 14.7. The molecule has 2 aromatic carbocycles. The van der Waals surface area contributed by atoms with E-state index in [-0.39, 0.29) is 0 Å². The lowest BCUT2D eigenvalue weighted by atomic mass is 10.1. The molecule has 2 aromatic rings. The van der Waals surface area contributed by atoms with Crippen LogP contribution in [0, 0.1) is 27.7 Å². The van der Waals surface area contributed by atoms with Crippen molar-refractivity contribution in [2.24, 2.45) is 0 Å². The zero-order chi connectivity index (χ0) is 14.7. The van der Waals surface area contributed by atoms with Gasteiger partial charge >= 0.3 is 0 Å². The second-order valence-electron chi connectivity index (χ2n) is 5.07. The van der Waals surface area contributed by atoms with Crippen molar-refractivity contribution in [2.75, 3.05) is 6.23 Å². The van der Waals surface area contributed by atoms with Crippen molar-refractivity contribution in [1.82, 2.24) is 0 Å². The van der Waals surface area contributed by atoms with E-state index in [1.165, 1.54) is 16.3 Å². The zero-order valence-corrected chi connectivity index (χ0v) is 13.4. The monoisotopic (exact) mass is 284 g/mol. The molecule has 0 bridgehead atoms. The molecule has 0 fully saturated rings. The summed E-state index contributed by atoms with van der Waals surface area (Å²) >= 11 is 0. The minimum absolute atomic E-state index is 0.331. The van der Waals surface area contributed by atoms with Gasteiger partial charge in [-0.1, -0.05) is 29.5 Å². The van der Waals surface area contributed by atoms with Gasteiger partial charge < -0.3 is 9.84 Å². The van der Waals surface area contributed by atoms with Crippen LogP contribution in [0.15, 0.2) is 30.3 Å². The van der Waals surface area contributed by atoms with Gasteiger partial charge in [0.05, 0.1) is 6.23 Å². The summed E-state index contributed by atoms with van der Waals surface area (Å²) in [6.07, 6.45) is 0.646. The molecule has 3 heteroatoms. The highest BCUT2D eigenvalue weighted by Gasteiger charge is 2.08. The average molecular weight is 284 g/mol. The summed E-state index contributed by atoms with van der Waals surface area (Å²) < 4.78 is 5.82. The lowest BCUT2D eigenvalue weighted by Gasteiger charge is -2.12. The normalized spacial score (nSPS) is 10.6. The van der Waals surface area contributed by atoms with Crippen LogP contribution in [0.1, 0.15) is 22.3 Å². The number of benzene rings is 2. The second-order valence-corrected chi connectivity index (χ2v) is 6.25. The van der Waals surface area contributed by atoms with E-state index >= 15 is 0 Å². The fourth-order valence-corrected chi connectivity index (χ4v) is 3.17. The fourth-order valence-electron chi connectivity index (χ4n) is 2.11. The Bertz CT molecular complexity index is 621. The molecule has 0 aliphatic rings. The predicted octanol–water partition coefficient (Wildman–Crippen LogP) is 2.99. The van der Waals surface area contributed by atoms with Crippen LogP contribution < -0.4 is 9.92 Å². The van der Waals surface area contributed by atoms with E-state index in [9.17, 15) is 5.11 Å². The molecule has 104 valence electrons. The number of aromatic hydroxyl groups is 1. The Morgan fingerprint density at radius 3 is 2.45 bits per heavy atom. The molecule has 2 nitrogen and oxygen atoms in total. The molecular formula is C17H20O2Si. The number of hydrogen-bond donors (Lipinski definition) is 1. The van der Waals surface area contributed by atoms with Crippen LogP contribution in [0.3, 0.4) is 0 Å². The SMILES string of the molecule is Cc1cccc([Si]COc2ccc(C)c(O)c2C)c1C. The maximum Gasteiger partial charge on any atom is 0.131 e. The Kier molecular flexibility index (Phi) is 4.50. The zero-order valence-electron chi connectivity index (χ0n) is 12.4. The van der Waals surface area contributed by atoms with Crippen LogP contribution in [0.5, 0.6) is 11.5 Å². The summed E-state index contributed by atoms with van der Waals surface area (Å²) in [6.45, 7) is 8.07. The van der Waals surface area contributed by atoms with Gasteiger partial charge in [0.25, 0.3) is 0 Å². The van der Waals surface area contributed by atoms with Gasteiger partial charge in [-0.2, -0.15) is 0 Å². The first-order valence-corrected chi connectivity index (χ1v) is 7.93. The number of phenolic OH excluding ortho intramolecular Hbond substituents is 1. The van der Waals surface area contributed by atoms with Gasteiger partial charge in [-0.25, -0.2) is 0 Å². The van der Waals surface area contributed by atoms with Crippen molar-refractivity contribution in [3.8, 4) is 11.5 Å². The molecule has 1 N–H and O–H groups in total. The molecule has 0 saturated carbocycles.